The zero-order chi connectivity index (χ0) is 23.3. The molecular formula is C23H26Br2Cl4O2. The predicted octanol–water partition coefficient (Wildman–Crippen LogP) is 9.73. The van der Waals surface area contributed by atoms with Crippen LogP contribution < -0.4 is 9.47 Å². The molecule has 0 saturated heterocycles. The smallest absolute Gasteiger partial charge is 0.156 e. The maximum Gasteiger partial charge on any atom is 0.156 e. The van der Waals surface area contributed by atoms with Crippen molar-refractivity contribution in [3.63, 3.8) is 0 Å². The van der Waals surface area contributed by atoms with Crippen LogP contribution in [0.1, 0.15) is 51.7 Å². The van der Waals surface area contributed by atoms with Gasteiger partial charge in [-0.2, -0.15) is 0 Å². The van der Waals surface area contributed by atoms with Gasteiger partial charge < -0.3 is 9.47 Å². The summed E-state index contributed by atoms with van der Waals surface area (Å²) in [5.41, 5.74) is 1.39. The Bertz CT molecular complexity index is 780. The van der Waals surface area contributed by atoms with Crippen LogP contribution in [0.3, 0.4) is 0 Å². The zero-order valence-electron chi connectivity index (χ0n) is 17.9. The fourth-order valence-corrected chi connectivity index (χ4v) is 5.35. The molecule has 0 aliphatic heterocycles. The Balaban J connectivity index is 2.43. The van der Waals surface area contributed by atoms with Gasteiger partial charge in [0.25, 0.3) is 0 Å². The van der Waals surface area contributed by atoms with Gasteiger partial charge in [0.2, 0.25) is 0 Å². The highest BCUT2D eigenvalue weighted by atomic mass is 79.9. The maximum absolute atomic E-state index is 6.56. The van der Waals surface area contributed by atoms with Gasteiger partial charge in [0.05, 0.1) is 20.1 Å². The molecule has 0 N–H and O–H groups in total. The molecule has 2 atom stereocenters. The summed E-state index contributed by atoms with van der Waals surface area (Å²) in [7, 11) is 0. The van der Waals surface area contributed by atoms with Crippen molar-refractivity contribution in [3.8, 4) is 11.5 Å². The maximum atomic E-state index is 6.56. The molecule has 0 fully saturated rings. The lowest BCUT2D eigenvalue weighted by Gasteiger charge is -2.29. The topological polar surface area (TPSA) is 18.5 Å². The highest BCUT2D eigenvalue weighted by Crippen LogP contribution is 2.44. The summed E-state index contributed by atoms with van der Waals surface area (Å²) in [6.45, 7) is 8.23. The summed E-state index contributed by atoms with van der Waals surface area (Å²) in [4.78, 5) is 0. The van der Waals surface area contributed by atoms with Crippen LogP contribution in [0.2, 0.25) is 20.1 Å². The molecule has 0 aliphatic rings. The Hall–Kier alpha value is 0.160. The van der Waals surface area contributed by atoms with Gasteiger partial charge in [-0.05, 0) is 48.2 Å². The highest BCUT2D eigenvalue weighted by molar-refractivity contribution is 9.09. The second kappa shape index (κ2) is 12.0. The van der Waals surface area contributed by atoms with Crippen molar-refractivity contribution in [2.45, 2.75) is 58.2 Å². The van der Waals surface area contributed by atoms with Gasteiger partial charge in [-0.1, -0.05) is 106 Å². The summed E-state index contributed by atoms with van der Waals surface area (Å²) < 4.78 is 12.0. The molecule has 0 saturated carbocycles. The lowest BCUT2D eigenvalue weighted by molar-refractivity contribution is 0.223. The minimum Gasteiger partial charge on any atom is -0.486 e. The van der Waals surface area contributed by atoms with E-state index >= 15 is 0 Å². The fourth-order valence-electron chi connectivity index (χ4n) is 3.01. The molecule has 2 unspecified atom stereocenters. The molecule has 0 aliphatic carbocycles. The van der Waals surface area contributed by atoms with Crippen molar-refractivity contribution in [1.29, 1.82) is 0 Å². The monoisotopic (exact) mass is 632 g/mol. The lowest BCUT2D eigenvalue weighted by Crippen LogP contribution is -2.21. The summed E-state index contributed by atoms with van der Waals surface area (Å²) in [6, 6.07) is 7.53. The second-order valence-corrected chi connectivity index (χ2v) is 10.7. The summed E-state index contributed by atoms with van der Waals surface area (Å²) >= 11 is 33.2. The highest BCUT2D eigenvalue weighted by Gasteiger charge is 2.28. The Labute approximate surface area is 222 Å². The first kappa shape index (κ1) is 27.4. The first-order valence-corrected chi connectivity index (χ1v) is 13.8. The third-order valence-corrected chi connectivity index (χ3v) is 7.83. The van der Waals surface area contributed by atoms with E-state index < -0.39 is 5.41 Å². The third kappa shape index (κ3) is 6.61. The summed E-state index contributed by atoms with van der Waals surface area (Å²) in [5, 5.41) is 3.27. The van der Waals surface area contributed by atoms with Crippen molar-refractivity contribution >= 4 is 78.3 Å². The van der Waals surface area contributed by atoms with E-state index in [9.17, 15) is 0 Å². The Kier molecular flexibility index (Phi) is 10.6. The van der Waals surface area contributed by atoms with Gasteiger partial charge >= 0.3 is 0 Å². The Morgan fingerprint density at radius 2 is 1.00 bits per heavy atom. The number of hydrogen-bond acceptors (Lipinski definition) is 2. The minimum absolute atomic E-state index is 0.00881. The van der Waals surface area contributed by atoms with Crippen LogP contribution in [0.4, 0.5) is 0 Å². The summed E-state index contributed by atoms with van der Waals surface area (Å²) in [5.74, 6) is 0.990. The Morgan fingerprint density at radius 1 is 0.710 bits per heavy atom. The normalized spacial score (nSPS) is 13.7. The van der Waals surface area contributed by atoms with Crippen LogP contribution >= 0.6 is 78.3 Å². The van der Waals surface area contributed by atoms with Crippen LogP contribution in [0.5, 0.6) is 11.5 Å². The van der Waals surface area contributed by atoms with E-state index in [4.69, 9.17) is 55.9 Å². The standard InChI is InChI=1S/C23H26Br2Cl4O2/c1-5-15(11-24)30-21-17(26)7-13(8-18(21)27)23(3,4)14-9-19(28)22(20(29)10-14)31-16(6-2)12-25/h7-10,15-16H,5-6,11-12H2,1-4H3. The third-order valence-electron chi connectivity index (χ3n) is 5.26. The SMILES string of the molecule is CCC(CBr)Oc1c(Cl)cc(C(C)(C)c2cc(Cl)c(OC(CC)CBr)c(Cl)c2)cc1Cl. The molecule has 0 heterocycles. The van der Waals surface area contributed by atoms with Gasteiger partial charge in [0.15, 0.2) is 11.5 Å². The minimum atomic E-state index is -0.462. The molecule has 31 heavy (non-hydrogen) atoms. The number of ether oxygens (including phenoxy) is 2. The molecule has 2 rings (SSSR count). The predicted molar refractivity (Wildman–Crippen MR) is 142 cm³/mol. The van der Waals surface area contributed by atoms with E-state index in [1.807, 2.05) is 38.1 Å². The number of alkyl halides is 2. The fraction of sp³-hybridized carbons (Fsp3) is 0.478. The van der Waals surface area contributed by atoms with E-state index in [0.29, 0.717) is 42.2 Å². The van der Waals surface area contributed by atoms with Gasteiger partial charge in [0.1, 0.15) is 12.2 Å². The average molecular weight is 636 g/mol. The van der Waals surface area contributed by atoms with Crippen LogP contribution in [-0.4, -0.2) is 22.9 Å². The van der Waals surface area contributed by atoms with Crippen LogP contribution in [0.25, 0.3) is 0 Å². The Morgan fingerprint density at radius 3 is 1.23 bits per heavy atom. The van der Waals surface area contributed by atoms with Crippen LogP contribution in [-0.2, 0) is 5.41 Å². The van der Waals surface area contributed by atoms with Gasteiger partial charge in [-0.3, -0.25) is 0 Å². The van der Waals surface area contributed by atoms with Crippen LogP contribution in [0, 0.1) is 0 Å². The lowest BCUT2D eigenvalue weighted by atomic mass is 9.78. The quantitative estimate of drug-likeness (QED) is 0.242. The first-order chi connectivity index (χ1) is 14.6. The molecule has 0 radical (unpaired) electrons. The van der Waals surface area contributed by atoms with Crippen molar-refractivity contribution in [3.05, 3.63) is 55.5 Å². The molecule has 2 aromatic rings. The van der Waals surface area contributed by atoms with E-state index in [0.717, 1.165) is 24.0 Å². The molecule has 0 aromatic heterocycles. The average Bonchev–Trinajstić information content (AvgIpc) is 2.73. The van der Waals surface area contributed by atoms with E-state index in [1.54, 1.807) is 0 Å². The van der Waals surface area contributed by atoms with Gasteiger partial charge in [-0.15, -0.1) is 0 Å². The van der Waals surface area contributed by atoms with E-state index in [1.165, 1.54) is 0 Å². The number of benzene rings is 2. The van der Waals surface area contributed by atoms with Crippen LogP contribution in [0.15, 0.2) is 24.3 Å². The summed E-state index contributed by atoms with van der Waals surface area (Å²) in [6.07, 6.45) is 1.66. The van der Waals surface area contributed by atoms with Crippen molar-refractivity contribution in [1.82, 2.24) is 0 Å². The largest absolute Gasteiger partial charge is 0.486 e. The number of hydrogen-bond donors (Lipinski definition) is 0. The van der Waals surface area contributed by atoms with Crippen molar-refractivity contribution in [2.24, 2.45) is 0 Å². The molecule has 0 bridgehead atoms. The zero-order valence-corrected chi connectivity index (χ0v) is 24.1. The molecule has 2 aromatic carbocycles. The number of rotatable bonds is 10. The molecule has 2 nitrogen and oxygen atoms in total. The molecule has 0 spiro atoms. The van der Waals surface area contributed by atoms with Gasteiger partial charge in [0, 0.05) is 16.1 Å². The molecule has 0 amide bonds. The van der Waals surface area contributed by atoms with Crippen molar-refractivity contribution < 1.29 is 9.47 Å². The first-order valence-electron chi connectivity index (χ1n) is 10.0. The molecule has 172 valence electrons. The molecular weight excluding hydrogens is 610 g/mol. The second-order valence-electron chi connectivity index (χ2n) is 7.77. The molecule has 8 heteroatoms. The number of halogens is 6. The van der Waals surface area contributed by atoms with E-state index in [2.05, 4.69) is 45.7 Å². The van der Waals surface area contributed by atoms with Gasteiger partial charge in [-0.25, -0.2) is 0 Å². The van der Waals surface area contributed by atoms with E-state index in [-0.39, 0.29) is 12.2 Å². The van der Waals surface area contributed by atoms with Crippen molar-refractivity contribution in [2.75, 3.05) is 10.7 Å².